The van der Waals surface area contributed by atoms with Crippen LogP contribution in [0.4, 0.5) is 10.6 Å². The minimum Gasteiger partial charge on any atom is -0.334 e. The lowest BCUT2D eigenvalue weighted by Crippen LogP contribution is -2.29. The monoisotopic (exact) mass is 339 g/mol. The molecule has 0 spiro atoms. The van der Waals surface area contributed by atoms with E-state index in [0.29, 0.717) is 18.5 Å². The van der Waals surface area contributed by atoms with Crippen LogP contribution in [0.1, 0.15) is 37.1 Å². The lowest BCUT2D eigenvalue weighted by molar-refractivity contribution is 0.251. The summed E-state index contributed by atoms with van der Waals surface area (Å²) in [6.45, 7) is 4.44. The van der Waals surface area contributed by atoms with Crippen LogP contribution in [0.3, 0.4) is 0 Å². The molecule has 25 heavy (non-hydrogen) atoms. The number of urea groups is 1. The van der Waals surface area contributed by atoms with Crippen molar-refractivity contribution in [1.82, 2.24) is 29.7 Å². The Morgan fingerprint density at radius 3 is 3.08 bits per heavy atom. The van der Waals surface area contributed by atoms with Crippen molar-refractivity contribution in [3.63, 3.8) is 0 Å². The van der Waals surface area contributed by atoms with Crippen molar-refractivity contribution in [2.24, 2.45) is 5.92 Å². The molecule has 1 fully saturated rings. The minimum atomic E-state index is -0.264. The second kappa shape index (κ2) is 6.19. The first-order valence-corrected chi connectivity index (χ1v) is 8.50. The van der Waals surface area contributed by atoms with Crippen LogP contribution in [0.5, 0.6) is 0 Å². The summed E-state index contributed by atoms with van der Waals surface area (Å²) in [5.74, 6) is 1.39. The highest BCUT2D eigenvalue weighted by Gasteiger charge is 2.31. The van der Waals surface area contributed by atoms with Gasteiger partial charge in [0.15, 0.2) is 5.65 Å². The largest absolute Gasteiger partial charge is 0.334 e. The molecule has 8 heteroatoms. The third-order valence-electron chi connectivity index (χ3n) is 4.58. The van der Waals surface area contributed by atoms with E-state index in [0.717, 1.165) is 22.7 Å². The molecule has 3 heterocycles. The third-order valence-corrected chi connectivity index (χ3v) is 4.58. The van der Waals surface area contributed by atoms with Gasteiger partial charge in [0.2, 0.25) is 0 Å². The Balaban J connectivity index is 1.42. The molecule has 0 aromatic carbocycles. The average Bonchev–Trinajstić information content (AvgIpc) is 3.28. The number of nitrogens with zero attached hydrogens (tertiary/aromatic N) is 5. The third kappa shape index (κ3) is 3.19. The van der Waals surface area contributed by atoms with E-state index in [9.17, 15) is 4.79 Å². The fraction of sp³-hybridized carbons (Fsp3) is 0.412. The van der Waals surface area contributed by atoms with Crippen LogP contribution >= 0.6 is 0 Å². The van der Waals surface area contributed by atoms with Gasteiger partial charge < -0.3 is 5.32 Å². The van der Waals surface area contributed by atoms with Gasteiger partial charge >= 0.3 is 6.03 Å². The fourth-order valence-electron chi connectivity index (χ4n) is 3.04. The molecule has 0 saturated heterocycles. The Kier molecular flexibility index (Phi) is 3.87. The maximum atomic E-state index is 12.3. The van der Waals surface area contributed by atoms with Gasteiger partial charge in [-0.25, -0.2) is 19.0 Å². The van der Waals surface area contributed by atoms with Crippen LogP contribution in [0.15, 0.2) is 30.7 Å². The molecular formula is C17H21N7O. The van der Waals surface area contributed by atoms with Crippen molar-refractivity contribution in [1.29, 1.82) is 0 Å². The van der Waals surface area contributed by atoms with Crippen LogP contribution in [-0.4, -0.2) is 30.4 Å². The molecule has 1 atom stereocenters. The van der Waals surface area contributed by atoms with E-state index in [4.69, 9.17) is 0 Å². The van der Waals surface area contributed by atoms with Gasteiger partial charge in [-0.1, -0.05) is 0 Å². The van der Waals surface area contributed by atoms with Crippen molar-refractivity contribution >= 4 is 17.5 Å². The number of aryl methyl sites for hydroxylation is 1. The van der Waals surface area contributed by atoms with Gasteiger partial charge in [-0.2, -0.15) is 10.2 Å². The van der Waals surface area contributed by atoms with Crippen molar-refractivity contribution in [3.8, 4) is 0 Å². The SMILES string of the molecule is Cc1cc(NC(=O)NCc2cnn3cccnc23)n([C@@H](C)C2CC2)n1. The molecule has 0 aliphatic heterocycles. The Morgan fingerprint density at radius 2 is 2.28 bits per heavy atom. The lowest BCUT2D eigenvalue weighted by atomic mass is 10.2. The van der Waals surface area contributed by atoms with E-state index >= 15 is 0 Å². The van der Waals surface area contributed by atoms with E-state index in [1.807, 2.05) is 29.9 Å². The standard InChI is InChI=1S/C17H21N7O/c1-11-8-15(24(22-11)12(2)13-4-5-13)21-17(25)19-9-14-10-20-23-7-3-6-18-16(14)23/h3,6-8,10,12-13H,4-5,9H2,1-2H3,(H2,19,21,25)/t12-/m0/s1. The van der Waals surface area contributed by atoms with Gasteiger partial charge in [-0.3, -0.25) is 5.32 Å². The summed E-state index contributed by atoms with van der Waals surface area (Å²) in [4.78, 5) is 16.6. The Bertz CT molecular complexity index is 909. The molecule has 1 aliphatic carbocycles. The van der Waals surface area contributed by atoms with E-state index in [2.05, 4.69) is 32.7 Å². The van der Waals surface area contributed by atoms with Crippen molar-refractivity contribution in [3.05, 3.63) is 42.0 Å². The molecule has 4 rings (SSSR count). The number of rotatable bonds is 5. The number of hydrogen-bond donors (Lipinski definition) is 2. The number of carbonyl (C=O) groups excluding carboxylic acids is 1. The van der Waals surface area contributed by atoms with E-state index in [-0.39, 0.29) is 6.03 Å². The number of carbonyl (C=O) groups is 1. The molecule has 1 aliphatic rings. The van der Waals surface area contributed by atoms with Gasteiger partial charge in [0.25, 0.3) is 0 Å². The van der Waals surface area contributed by atoms with Gasteiger partial charge in [0.05, 0.1) is 17.9 Å². The summed E-state index contributed by atoms with van der Waals surface area (Å²) in [7, 11) is 0. The second-order valence-corrected chi connectivity index (χ2v) is 6.56. The zero-order chi connectivity index (χ0) is 17.4. The predicted molar refractivity (Wildman–Crippen MR) is 93.2 cm³/mol. The molecule has 1 saturated carbocycles. The number of amides is 2. The molecule has 3 aromatic rings. The molecule has 2 N–H and O–H groups in total. The Hall–Kier alpha value is -2.90. The summed E-state index contributed by atoms with van der Waals surface area (Å²) in [6, 6.07) is 3.75. The van der Waals surface area contributed by atoms with Gasteiger partial charge in [-0.05, 0) is 38.7 Å². The number of hydrogen-bond acceptors (Lipinski definition) is 4. The zero-order valence-electron chi connectivity index (χ0n) is 14.3. The summed E-state index contributed by atoms with van der Waals surface area (Å²) in [5.41, 5.74) is 2.51. The van der Waals surface area contributed by atoms with Crippen LogP contribution < -0.4 is 10.6 Å². The van der Waals surface area contributed by atoms with Gasteiger partial charge in [0, 0.05) is 30.6 Å². The number of nitrogens with one attached hydrogen (secondary N) is 2. The summed E-state index contributed by atoms with van der Waals surface area (Å²) in [5, 5.41) is 14.5. The van der Waals surface area contributed by atoms with Crippen LogP contribution in [0, 0.1) is 12.8 Å². The first-order chi connectivity index (χ1) is 12.1. The molecule has 0 unspecified atom stereocenters. The Morgan fingerprint density at radius 1 is 1.44 bits per heavy atom. The van der Waals surface area contributed by atoms with E-state index in [1.165, 1.54) is 12.8 Å². The van der Waals surface area contributed by atoms with Crippen LogP contribution in [0.2, 0.25) is 0 Å². The van der Waals surface area contributed by atoms with E-state index in [1.54, 1.807) is 16.9 Å². The highest BCUT2D eigenvalue weighted by molar-refractivity contribution is 5.88. The molecule has 2 amide bonds. The minimum absolute atomic E-state index is 0.264. The highest BCUT2D eigenvalue weighted by Crippen LogP contribution is 2.40. The number of aromatic nitrogens is 5. The van der Waals surface area contributed by atoms with Crippen LogP contribution in [0.25, 0.3) is 5.65 Å². The summed E-state index contributed by atoms with van der Waals surface area (Å²) in [6.07, 6.45) is 7.71. The normalized spacial score (nSPS) is 15.3. The van der Waals surface area contributed by atoms with E-state index < -0.39 is 0 Å². The zero-order valence-corrected chi connectivity index (χ0v) is 14.3. The molecule has 0 bridgehead atoms. The van der Waals surface area contributed by atoms with Crippen molar-refractivity contribution in [2.45, 2.75) is 39.3 Å². The maximum Gasteiger partial charge on any atom is 0.320 e. The fourth-order valence-corrected chi connectivity index (χ4v) is 3.04. The maximum absolute atomic E-state index is 12.3. The molecule has 130 valence electrons. The Labute approximate surface area is 145 Å². The van der Waals surface area contributed by atoms with Crippen LogP contribution in [-0.2, 0) is 6.54 Å². The molecular weight excluding hydrogens is 318 g/mol. The van der Waals surface area contributed by atoms with Gasteiger partial charge in [0.1, 0.15) is 5.82 Å². The molecule has 0 radical (unpaired) electrons. The van der Waals surface area contributed by atoms with Gasteiger partial charge in [-0.15, -0.1) is 0 Å². The quantitative estimate of drug-likeness (QED) is 0.747. The summed E-state index contributed by atoms with van der Waals surface area (Å²) >= 11 is 0. The average molecular weight is 339 g/mol. The van der Waals surface area contributed by atoms with Crippen molar-refractivity contribution in [2.75, 3.05) is 5.32 Å². The first-order valence-electron chi connectivity index (χ1n) is 8.50. The van der Waals surface area contributed by atoms with Crippen molar-refractivity contribution < 1.29 is 4.79 Å². The second-order valence-electron chi connectivity index (χ2n) is 6.56. The summed E-state index contributed by atoms with van der Waals surface area (Å²) < 4.78 is 3.61. The highest BCUT2D eigenvalue weighted by atomic mass is 16.2. The first kappa shape index (κ1) is 15.6. The lowest BCUT2D eigenvalue weighted by Gasteiger charge is -2.15. The topological polar surface area (TPSA) is 89.1 Å². The molecule has 3 aromatic heterocycles. The number of fused-ring (bicyclic) bond motifs is 1. The predicted octanol–water partition coefficient (Wildman–Crippen LogP) is 2.53. The molecule has 8 nitrogen and oxygen atoms in total. The smallest absolute Gasteiger partial charge is 0.320 e. The number of anilines is 1.